The van der Waals surface area contributed by atoms with E-state index in [0.717, 1.165) is 11.1 Å². The summed E-state index contributed by atoms with van der Waals surface area (Å²) in [7, 11) is 1.64. The molecule has 0 bridgehead atoms. The Morgan fingerprint density at radius 1 is 1.13 bits per heavy atom. The molecular weight excluding hydrogens is 394 g/mol. The molecule has 0 aliphatic carbocycles. The van der Waals surface area contributed by atoms with Crippen molar-refractivity contribution >= 4 is 23.4 Å². The SMILES string of the molecule is COCCNc1ncc2c(n1)N[C@@H](Cc1ccc(O)cc1)C(=O)N2Cc1ccccc1. The fourth-order valence-corrected chi connectivity index (χ4v) is 3.50. The van der Waals surface area contributed by atoms with Crippen LogP contribution in [0.5, 0.6) is 5.75 Å². The summed E-state index contributed by atoms with van der Waals surface area (Å²) in [5.74, 6) is 1.23. The number of nitrogens with zero attached hydrogens (tertiary/aromatic N) is 3. The summed E-state index contributed by atoms with van der Waals surface area (Å²) < 4.78 is 5.06. The maximum absolute atomic E-state index is 13.4. The van der Waals surface area contributed by atoms with Gasteiger partial charge in [0.05, 0.1) is 19.3 Å². The third-order valence-corrected chi connectivity index (χ3v) is 5.08. The van der Waals surface area contributed by atoms with Crippen LogP contribution in [0.4, 0.5) is 17.5 Å². The van der Waals surface area contributed by atoms with Crippen molar-refractivity contribution in [2.75, 3.05) is 35.8 Å². The Balaban J connectivity index is 1.62. The topological polar surface area (TPSA) is 99.6 Å². The van der Waals surface area contributed by atoms with E-state index in [0.29, 0.717) is 43.6 Å². The highest BCUT2D eigenvalue weighted by Gasteiger charge is 2.34. The van der Waals surface area contributed by atoms with Crippen molar-refractivity contribution in [1.29, 1.82) is 0 Å². The van der Waals surface area contributed by atoms with E-state index in [1.165, 1.54) is 0 Å². The standard InChI is InChI=1S/C23H25N5O3/c1-31-12-11-24-23-25-14-20-21(27-23)26-19(13-16-7-9-18(29)10-8-16)22(30)28(20)15-17-5-3-2-4-6-17/h2-10,14,19,29H,11-13,15H2,1H3,(H2,24,25,26,27)/t19-/m0/s1. The first-order valence-corrected chi connectivity index (χ1v) is 10.1. The van der Waals surface area contributed by atoms with E-state index < -0.39 is 6.04 Å². The van der Waals surface area contributed by atoms with E-state index in [1.807, 2.05) is 42.5 Å². The van der Waals surface area contributed by atoms with Crippen LogP contribution in [-0.4, -0.2) is 47.3 Å². The van der Waals surface area contributed by atoms with Gasteiger partial charge < -0.3 is 25.4 Å². The van der Waals surface area contributed by atoms with Crippen LogP contribution in [0.15, 0.2) is 60.8 Å². The number of hydrogen-bond acceptors (Lipinski definition) is 7. The highest BCUT2D eigenvalue weighted by Crippen LogP contribution is 2.32. The van der Waals surface area contributed by atoms with Gasteiger partial charge in [0, 0.05) is 20.1 Å². The first kappa shape index (κ1) is 20.6. The lowest BCUT2D eigenvalue weighted by molar-refractivity contribution is -0.119. The molecule has 1 aromatic heterocycles. The number of phenolic OH excluding ortho intramolecular Hbond substituents is 1. The second-order valence-electron chi connectivity index (χ2n) is 7.32. The van der Waals surface area contributed by atoms with E-state index in [9.17, 15) is 9.90 Å². The molecule has 8 heteroatoms. The number of nitrogens with one attached hydrogen (secondary N) is 2. The van der Waals surface area contributed by atoms with Gasteiger partial charge in [-0.15, -0.1) is 0 Å². The van der Waals surface area contributed by atoms with E-state index >= 15 is 0 Å². The maximum atomic E-state index is 13.4. The minimum atomic E-state index is -0.484. The van der Waals surface area contributed by atoms with Gasteiger partial charge in [-0.1, -0.05) is 42.5 Å². The second kappa shape index (κ2) is 9.44. The van der Waals surface area contributed by atoms with Crippen molar-refractivity contribution in [3.05, 3.63) is 71.9 Å². The van der Waals surface area contributed by atoms with Gasteiger partial charge in [-0.3, -0.25) is 4.79 Å². The van der Waals surface area contributed by atoms with Crippen molar-refractivity contribution in [2.24, 2.45) is 0 Å². The fraction of sp³-hybridized carbons (Fsp3) is 0.261. The quantitative estimate of drug-likeness (QED) is 0.483. The molecule has 0 spiro atoms. The lowest BCUT2D eigenvalue weighted by Crippen LogP contribution is -2.48. The lowest BCUT2D eigenvalue weighted by atomic mass is 10.0. The lowest BCUT2D eigenvalue weighted by Gasteiger charge is -2.34. The number of anilines is 3. The zero-order valence-corrected chi connectivity index (χ0v) is 17.3. The molecule has 4 rings (SSSR count). The summed E-state index contributed by atoms with van der Waals surface area (Å²) in [5, 5.41) is 16.0. The molecule has 0 saturated carbocycles. The van der Waals surface area contributed by atoms with Gasteiger partial charge in [0.2, 0.25) is 11.9 Å². The number of rotatable bonds is 8. The van der Waals surface area contributed by atoms with Crippen molar-refractivity contribution in [3.63, 3.8) is 0 Å². The molecule has 0 unspecified atom stereocenters. The van der Waals surface area contributed by atoms with Crippen LogP contribution < -0.4 is 15.5 Å². The summed E-state index contributed by atoms with van der Waals surface area (Å²) in [4.78, 5) is 24.1. The Kier molecular flexibility index (Phi) is 6.28. The monoisotopic (exact) mass is 419 g/mol. The number of carbonyl (C=O) groups excluding carboxylic acids is 1. The number of carbonyl (C=O) groups is 1. The third-order valence-electron chi connectivity index (χ3n) is 5.08. The van der Waals surface area contributed by atoms with E-state index in [4.69, 9.17) is 4.74 Å². The van der Waals surface area contributed by atoms with E-state index in [-0.39, 0.29) is 11.7 Å². The van der Waals surface area contributed by atoms with Crippen LogP contribution in [0, 0.1) is 0 Å². The number of amides is 1. The number of hydrogen-bond donors (Lipinski definition) is 3. The van der Waals surface area contributed by atoms with Gasteiger partial charge in [0.1, 0.15) is 17.5 Å². The van der Waals surface area contributed by atoms with Crippen LogP contribution in [-0.2, 0) is 22.5 Å². The van der Waals surface area contributed by atoms with Gasteiger partial charge >= 0.3 is 0 Å². The van der Waals surface area contributed by atoms with E-state index in [1.54, 1.807) is 30.3 Å². The Morgan fingerprint density at radius 2 is 1.90 bits per heavy atom. The van der Waals surface area contributed by atoms with Crippen molar-refractivity contribution in [2.45, 2.75) is 19.0 Å². The molecule has 2 aromatic carbocycles. The largest absolute Gasteiger partial charge is 0.508 e. The number of aromatic hydroxyl groups is 1. The Bertz CT molecular complexity index is 1030. The Labute approximate surface area is 180 Å². The summed E-state index contributed by atoms with van der Waals surface area (Å²) in [5.41, 5.74) is 2.61. The molecule has 1 aliphatic rings. The molecule has 2 heterocycles. The smallest absolute Gasteiger partial charge is 0.250 e. The predicted octanol–water partition coefficient (Wildman–Crippen LogP) is 2.81. The molecule has 1 aliphatic heterocycles. The number of aromatic nitrogens is 2. The number of ether oxygens (including phenoxy) is 1. The number of methoxy groups -OCH3 is 1. The van der Waals surface area contributed by atoms with Crippen LogP contribution in [0.2, 0.25) is 0 Å². The zero-order valence-electron chi connectivity index (χ0n) is 17.3. The maximum Gasteiger partial charge on any atom is 0.250 e. The summed E-state index contributed by atoms with van der Waals surface area (Å²) >= 11 is 0. The Morgan fingerprint density at radius 3 is 2.65 bits per heavy atom. The molecule has 1 amide bonds. The average Bonchev–Trinajstić information content (AvgIpc) is 2.79. The van der Waals surface area contributed by atoms with Gasteiger partial charge in [0.15, 0.2) is 5.82 Å². The normalized spacial score (nSPS) is 15.3. The molecule has 0 radical (unpaired) electrons. The van der Waals surface area contributed by atoms with Gasteiger partial charge in [-0.05, 0) is 23.3 Å². The molecule has 3 aromatic rings. The first-order valence-electron chi connectivity index (χ1n) is 10.1. The van der Waals surface area contributed by atoms with Crippen molar-refractivity contribution < 1.29 is 14.6 Å². The summed E-state index contributed by atoms with van der Waals surface area (Å²) in [6.07, 6.45) is 2.14. The number of phenols is 1. The fourth-order valence-electron chi connectivity index (χ4n) is 3.50. The van der Waals surface area contributed by atoms with Crippen LogP contribution in [0.1, 0.15) is 11.1 Å². The second-order valence-corrected chi connectivity index (χ2v) is 7.32. The van der Waals surface area contributed by atoms with Crippen LogP contribution >= 0.6 is 0 Å². The first-order chi connectivity index (χ1) is 15.1. The molecular formula is C23H25N5O3. The highest BCUT2D eigenvalue weighted by atomic mass is 16.5. The third kappa shape index (κ3) is 4.92. The highest BCUT2D eigenvalue weighted by molar-refractivity contribution is 6.04. The average molecular weight is 419 g/mol. The molecule has 0 fully saturated rings. The zero-order chi connectivity index (χ0) is 21.6. The summed E-state index contributed by atoms with van der Waals surface area (Å²) in [6.45, 7) is 1.55. The van der Waals surface area contributed by atoms with Crippen LogP contribution in [0.3, 0.4) is 0 Å². The predicted molar refractivity (Wildman–Crippen MR) is 119 cm³/mol. The summed E-state index contributed by atoms with van der Waals surface area (Å²) in [6, 6.07) is 16.2. The van der Waals surface area contributed by atoms with Gasteiger partial charge in [0.25, 0.3) is 0 Å². The number of fused-ring (bicyclic) bond motifs is 1. The van der Waals surface area contributed by atoms with Crippen molar-refractivity contribution in [1.82, 2.24) is 9.97 Å². The van der Waals surface area contributed by atoms with Crippen LogP contribution in [0.25, 0.3) is 0 Å². The molecule has 1 atom stereocenters. The minimum absolute atomic E-state index is 0.0480. The minimum Gasteiger partial charge on any atom is -0.508 e. The molecule has 8 nitrogen and oxygen atoms in total. The Hall–Kier alpha value is -3.65. The van der Waals surface area contributed by atoms with Crippen molar-refractivity contribution in [3.8, 4) is 5.75 Å². The van der Waals surface area contributed by atoms with Gasteiger partial charge in [-0.25, -0.2) is 4.98 Å². The number of benzene rings is 2. The molecule has 31 heavy (non-hydrogen) atoms. The van der Waals surface area contributed by atoms with Gasteiger partial charge in [-0.2, -0.15) is 4.98 Å². The molecule has 160 valence electrons. The van der Waals surface area contributed by atoms with E-state index in [2.05, 4.69) is 20.6 Å². The molecule has 0 saturated heterocycles. The molecule has 3 N–H and O–H groups in total.